The maximum atomic E-state index is 11.6. The number of aliphatic carboxylic acids is 1. The van der Waals surface area contributed by atoms with Gasteiger partial charge in [-0.25, -0.2) is 0 Å². The van der Waals surface area contributed by atoms with Crippen LogP contribution in [0.4, 0.5) is 0 Å². The maximum absolute atomic E-state index is 11.6. The standard InChI is InChI=1S/C10H20O3S/c1-8(7-9(11)12)14(13)6-5-10(2,3)4/h8H,5-7H2,1-4H3,(H,11,12). The number of carboxylic acid groups (broad SMARTS) is 1. The topological polar surface area (TPSA) is 54.4 Å². The molecule has 0 fully saturated rings. The Labute approximate surface area is 88.4 Å². The quantitative estimate of drug-likeness (QED) is 0.771. The maximum Gasteiger partial charge on any atom is 0.304 e. The molecule has 0 aromatic heterocycles. The van der Waals surface area contributed by atoms with E-state index in [2.05, 4.69) is 20.8 Å². The zero-order valence-electron chi connectivity index (χ0n) is 9.37. The lowest BCUT2D eigenvalue weighted by Gasteiger charge is -2.18. The Morgan fingerprint density at radius 2 is 1.93 bits per heavy atom. The Balaban J connectivity index is 3.91. The van der Waals surface area contributed by atoms with Crippen molar-refractivity contribution in [1.82, 2.24) is 0 Å². The summed E-state index contributed by atoms with van der Waals surface area (Å²) < 4.78 is 11.6. The molecule has 14 heavy (non-hydrogen) atoms. The third kappa shape index (κ3) is 7.06. The van der Waals surface area contributed by atoms with E-state index in [1.807, 2.05) is 0 Å². The highest BCUT2D eigenvalue weighted by molar-refractivity contribution is 7.85. The highest BCUT2D eigenvalue weighted by Crippen LogP contribution is 2.19. The second-order valence-corrected chi connectivity index (χ2v) is 6.78. The lowest BCUT2D eigenvalue weighted by Crippen LogP contribution is -2.20. The van der Waals surface area contributed by atoms with Gasteiger partial charge in [-0.3, -0.25) is 9.00 Å². The number of hydrogen-bond donors (Lipinski definition) is 1. The molecule has 0 saturated heterocycles. The molecule has 0 rings (SSSR count). The third-order valence-electron chi connectivity index (χ3n) is 1.96. The van der Waals surface area contributed by atoms with Crippen molar-refractivity contribution in [2.45, 2.75) is 45.8 Å². The van der Waals surface area contributed by atoms with Crippen molar-refractivity contribution < 1.29 is 14.1 Å². The van der Waals surface area contributed by atoms with E-state index in [9.17, 15) is 9.00 Å². The average molecular weight is 220 g/mol. The number of carbonyl (C=O) groups is 1. The molecule has 2 unspecified atom stereocenters. The van der Waals surface area contributed by atoms with Crippen LogP contribution in [0, 0.1) is 5.41 Å². The monoisotopic (exact) mass is 220 g/mol. The second-order valence-electron chi connectivity index (χ2n) is 4.80. The van der Waals surface area contributed by atoms with E-state index in [0.717, 1.165) is 6.42 Å². The van der Waals surface area contributed by atoms with Gasteiger partial charge < -0.3 is 5.11 Å². The fraction of sp³-hybridized carbons (Fsp3) is 0.900. The summed E-state index contributed by atoms with van der Waals surface area (Å²) in [7, 11) is -1.01. The molecule has 0 aliphatic heterocycles. The molecule has 0 radical (unpaired) electrons. The van der Waals surface area contributed by atoms with Gasteiger partial charge in [0.15, 0.2) is 0 Å². The Kier molecular flexibility index (Phi) is 5.34. The predicted molar refractivity (Wildman–Crippen MR) is 58.8 cm³/mol. The predicted octanol–water partition coefficient (Wildman–Crippen LogP) is 2.03. The van der Waals surface area contributed by atoms with Gasteiger partial charge in [-0.05, 0) is 11.8 Å². The van der Waals surface area contributed by atoms with Gasteiger partial charge in [0.05, 0.1) is 6.42 Å². The van der Waals surface area contributed by atoms with Gasteiger partial charge in [-0.1, -0.05) is 27.7 Å². The molecule has 0 bridgehead atoms. The van der Waals surface area contributed by atoms with Gasteiger partial charge in [0.1, 0.15) is 0 Å². The first-order chi connectivity index (χ1) is 6.22. The third-order valence-corrected chi connectivity index (χ3v) is 3.63. The summed E-state index contributed by atoms with van der Waals surface area (Å²) in [5.41, 5.74) is 0.165. The molecule has 0 amide bonds. The summed E-state index contributed by atoms with van der Waals surface area (Å²) in [5, 5.41) is 8.29. The van der Waals surface area contributed by atoms with Crippen molar-refractivity contribution in [2.24, 2.45) is 5.41 Å². The molecule has 0 aromatic carbocycles. The van der Waals surface area contributed by atoms with Gasteiger partial charge in [0, 0.05) is 21.8 Å². The Morgan fingerprint density at radius 1 is 1.43 bits per heavy atom. The van der Waals surface area contributed by atoms with E-state index in [0.29, 0.717) is 5.75 Å². The minimum Gasteiger partial charge on any atom is -0.481 e. The molecule has 0 spiro atoms. The van der Waals surface area contributed by atoms with Crippen LogP contribution in [0.1, 0.15) is 40.5 Å². The van der Waals surface area contributed by atoms with Crippen molar-refractivity contribution in [3.05, 3.63) is 0 Å². The first-order valence-corrected chi connectivity index (χ1v) is 6.19. The van der Waals surface area contributed by atoms with Gasteiger partial charge in [0.2, 0.25) is 0 Å². The van der Waals surface area contributed by atoms with Crippen LogP contribution in [0.2, 0.25) is 0 Å². The molecule has 0 aliphatic rings. The lowest BCUT2D eigenvalue weighted by atomic mass is 9.94. The molecule has 4 heteroatoms. The Hall–Kier alpha value is -0.380. The second kappa shape index (κ2) is 5.49. The molecule has 0 heterocycles. The fourth-order valence-corrected chi connectivity index (χ4v) is 2.49. The molecular weight excluding hydrogens is 200 g/mol. The summed E-state index contributed by atoms with van der Waals surface area (Å²) in [6.45, 7) is 8.00. The molecule has 3 nitrogen and oxygen atoms in total. The van der Waals surface area contributed by atoms with Crippen molar-refractivity contribution in [3.63, 3.8) is 0 Å². The van der Waals surface area contributed by atoms with Crippen molar-refractivity contribution in [2.75, 3.05) is 5.75 Å². The van der Waals surface area contributed by atoms with Crippen LogP contribution >= 0.6 is 0 Å². The summed E-state index contributed by atoms with van der Waals surface area (Å²) >= 11 is 0. The van der Waals surface area contributed by atoms with Gasteiger partial charge in [-0.2, -0.15) is 0 Å². The average Bonchev–Trinajstić information content (AvgIpc) is 1.97. The van der Waals surface area contributed by atoms with Gasteiger partial charge in [0.25, 0.3) is 0 Å². The number of rotatable bonds is 5. The number of carboxylic acids is 1. The minimum atomic E-state index is -1.01. The molecule has 0 aliphatic carbocycles. The van der Waals surface area contributed by atoms with E-state index >= 15 is 0 Å². The molecule has 0 saturated carbocycles. The normalized spacial score (nSPS) is 16.3. The largest absolute Gasteiger partial charge is 0.481 e. The van der Waals surface area contributed by atoms with E-state index in [-0.39, 0.29) is 17.1 Å². The number of hydrogen-bond acceptors (Lipinski definition) is 2. The van der Waals surface area contributed by atoms with Gasteiger partial charge >= 0.3 is 5.97 Å². The highest BCUT2D eigenvalue weighted by Gasteiger charge is 2.18. The first kappa shape index (κ1) is 13.6. The summed E-state index contributed by atoms with van der Waals surface area (Å²) in [4.78, 5) is 10.4. The fourth-order valence-electron chi connectivity index (χ4n) is 0.947. The first-order valence-electron chi connectivity index (χ1n) is 4.81. The van der Waals surface area contributed by atoms with Crippen molar-refractivity contribution in [3.8, 4) is 0 Å². The van der Waals surface area contributed by atoms with Crippen LogP contribution in [-0.2, 0) is 15.6 Å². The highest BCUT2D eigenvalue weighted by atomic mass is 32.2. The van der Waals surface area contributed by atoms with Crippen molar-refractivity contribution in [1.29, 1.82) is 0 Å². The van der Waals surface area contributed by atoms with Crippen LogP contribution in [0.25, 0.3) is 0 Å². The smallest absolute Gasteiger partial charge is 0.304 e. The Morgan fingerprint density at radius 3 is 2.29 bits per heavy atom. The van der Waals surface area contributed by atoms with Crippen LogP contribution in [0.5, 0.6) is 0 Å². The van der Waals surface area contributed by atoms with E-state index < -0.39 is 16.8 Å². The van der Waals surface area contributed by atoms with E-state index in [4.69, 9.17) is 5.11 Å². The summed E-state index contributed by atoms with van der Waals surface area (Å²) in [6.07, 6.45) is 0.861. The van der Waals surface area contributed by atoms with E-state index in [1.54, 1.807) is 6.92 Å². The molecule has 0 aromatic rings. The molecule has 1 N–H and O–H groups in total. The SMILES string of the molecule is CC(CC(=O)O)S(=O)CCC(C)(C)C. The molecular formula is C10H20O3S. The zero-order valence-corrected chi connectivity index (χ0v) is 10.2. The Bertz CT molecular complexity index is 218. The lowest BCUT2D eigenvalue weighted by molar-refractivity contribution is -0.136. The summed E-state index contributed by atoms with van der Waals surface area (Å²) in [6, 6.07) is 0. The van der Waals surface area contributed by atoms with Crippen LogP contribution in [-0.4, -0.2) is 26.3 Å². The molecule has 84 valence electrons. The van der Waals surface area contributed by atoms with Gasteiger partial charge in [-0.15, -0.1) is 0 Å². The summed E-state index contributed by atoms with van der Waals surface area (Å²) in [5.74, 6) is -0.278. The van der Waals surface area contributed by atoms with Crippen LogP contribution < -0.4 is 0 Å². The molecule has 2 atom stereocenters. The van der Waals surface area contributed by atoms with Crippen molar-refractivity contribution >= 4 is 16.8 Å². The van der Waals surface area contributed by atoms with Crippen LogP contribution in [0.15, 0.2) is 0 Å². The minimum absolute atomic E-state index is 0.00322. The van der Waals surface area contributed by atoms with Crippen LogP contribution in [0.3, 0.4) is 0 Å². The van der Waals surface area contributed by atoms with E-state index in [1.165, 1.54) is 0 Å². The zero-order chi connectivity index (χ0) is 11.4.